The number of aromatic carboxylic acids is 1. The number of carbonyl (C=O) groups is 1. The van der Waals surface area contributed by atoms with Crippen LogP contribution in [0.3, 0.4) is 0 Å². The van der Waals surface area contributed by atoms with Crippen LogP contribution in [0.15, 0.2) is 128 Å². The summed E-state index contributed by atoms with van der Waals surface area (Å²) in [4.78, 5) is 23.8. The number of carboxylic acids is 1. The molecule has 3 heterocycles. The molecular formula is C34H28B3N3O8. The SMILES string of the molecule is O=C(O)c1cc(-c2ccc(B(O)O)cc2)nc2ccccc12.OB(O)c1cccc2cnccc12.OB(O)c1cncc2ccccc12. The monoisotopic (exact) mass is 639 g/mol. The van der Waals surface area contributed by atoms with Gasteiger partial charge in [-0.15, -0.1) is 0 Å². The van der Waals surface area contributed by atoms with E-state index in [9.17, 15) is 9.90 Å². The van der Waals surface area contributed by atoms with Crippen LogP contribution in [0, 0.1) is 0 Å². The molecule has 0 unspecified atom stereocenters. The highest BCUT2D eigenvalue weighted by atomic mass is 16.4. The van der Waals surface area contributed by atoms with Gasteiger partial charge in [0.2, 0.25) is 0 Å². The summed E-state index contributed by atoms with van der Waals surface area (Å²) in [5, 5.41) is 67.8. The molecule has 0 amide bonds. The molecule has 7 N–H and O–H groups in total. The van der Waals surface area contributed by atoms with Crippen LogP contribution in [-0.2, 0) is 0 Å². The fraction of sp³-hybridized carbons (Fsp3) is 0. The lowest BCUT2D eigenvalue weighted by atomic mass is 9.77. The van der Waals surface area contributed by atoms with Gasteiger partial charge in [-0.1, -0.05) is 84.9 Å². The first-order valence-electron chi connectivity index (χ1n) is 14.6. The van der Waals surface area contributed by atoms with Crippen molar-refractivity contribution in [3.8, 4) is 11.3 Å². The van der Waals surface area contributed by atoms with E-state index in [0.29, 0.717) is 38.5 Å². The van der Waals surface area contributed by atoms with Crippen LogP contribution >= 0.6 is 0 Å². The van der Waals surface area contributed by atoms with Crippen LogP contribution in [-0.4, -0.2) is 77.5 Å². The molecule has 0 aliphatic rings. The summed E-state index contributed by atoms with van der Waals surface area (Å²) in [6, 6.07) is 29.6. The second kappa shape index (κ2) is 15.4. The molecule has 0 saturated heterocycles. The van der Waals surface area contributed by atoms with Crippen molar-refractivity contribution in [3.63, 3.8) is 0 Å². The number of benzene rings is 4. The zero-order valence-electron chi connectivity index (χ0n) is 25.2. The average Bonchev–Trinajstić information content (AvgIpc) is 3.11. The molecule has 4 aromatic carbocycles. The number of carboxylic acid groups (broad SMARTS) is 1. The summed E-state index contributed by atoms with van der Waals surface area (Å²) in [7, 11) is -4.42. The number of hydrogen-bond donors (Lipinski definition) is 7. The summed E-state index contributed by atoms with van der Waals surface area (Å²) in [5.74, 6) is -1.01. The molecule has 3 aromatic heterocycles. The van der Waals surface area contributed by atoms with Crippen molar-refractivity contribution in [2.75, 3.05) is 0 Å². The fourth-order valence-corrected chi connectivity index (χ4v) is 5.04. The molecule has 0 radical (unpaired) electrons. The van der Waals surface area contributed by atoms with Gasteiger partial charge in [0, 0.05) is 41.2 Å². The number of rotatable bonds is 5. The van der Waals surface area contributed by atoms with Crippen molar-refractivity contribution < 1.29 is 40.0 Å². The third-order valence-electron chi connectivity index (χ3n) is 7.42. The van der Waals surface area contributed by atoms with E-state index in [-0.39, 0.29) is 5.56 Å². The van der Waals surface area contributed by atoms with Gasteiger partial charge in [-0.25, -0.2) is 9.78 Å². The topological polar surface area (TPSA) is 197 Å². The Balaban J connectivity index is 0.000000149. The minimum atomic E-state index is -1.53. The third-order valence-corrected chi connectivity index (χ3v) is 7.42. The second-order valence-corrected chi connectivity index (χ2v) is 10.5. The zero-order chi connectivity index (χ0) is 34.2. The molecule has 7 rings (SSSR count). The Morgan fingerprint density at radius 2 is 1.17 bits per heavy atom. The Hall–Kier alpha value is -5.47. The molecule has 11 nitrogen and oxygen atoms in total. The largest absolute Gasteiger partial charge is 0.490 e. The lowest BCUT2D eigenvalue weighted by Gasteiger charge is -2.08. The van der Waals surface area contributed by atoms with E-state index in [0.717, 1.165) is 21.5 Å². The number of fused-ring (bicyclic) bond motifs is 3. The van der Waals surface area contributed by atoms with Crippen molar-refractivity contribution in [1.29, 1.82) is 0 Å². The number of nitrogens with zero attached hydrogens (tertiary/aromatic N) is 3. The first-order chi connectivity index (χ1) is 23.1. The molecule has 236 valence electrons. The average molecular weight is 639 g/mol. The number of para-hydroxylation sites is 1. The van der Waals surface area contributed by atoms with Crippen molar-refractivity contribution in [2.24, 2.45) is 0 Å². The molecule has 0 saturated carbocycles. The van der Waals surface area contributed by atoms with Crippen molar-refractivity contribution in [3.05, 3.63) is 133 Å². The van der Waals surface area contributed by atoms with Crippen LogP contribution in [0.5, 0.6) is 0 Å². The molecule has 0 aliphatic carbocycles. The Kier molecular flexibility index (Phi) is 10.9. The lowest BCUT2D eigenvalue weighted by molar-refractivity contribution is 0.0699. The van der Waals surface area contributed by atoms with E-state index in [4.69, 9.17) is 30.1 Å². The predicted molar refractivity (Wildman–Crippen MR) is 187 cm³/mol. The summed E-state index contributed by atoms with van der Waals surface area (Å²) >= 11 is 0. The van der Waals surface area contributed by atoms with E-state index in [1.165, 1.54) is 12.3 Å². The van der Waals surface area contributed by atoms with Gasteiger partial charge < -0.3 is 35.3 Å². The third kappa shape index (κ3) is 7.90. The summed E-state index contributed by atoms with van der Waals surface area (Å²) in [6.07, 6.45) is 6.49. The maximum Gasteiger partial charge on any atom is 0.490 e. The molecule has 14 heteroatoms. The van der Waals surface area contributed by atoms with Gasteiger partial charge in [0.05, 0.1) is 16.8 Å². The lowest BCUT2D eigenvalue weighted by Crippen LogP contribution is -2.30. The molecule has 48 heavy (non-hydrogen) atoms. The Bertz CT molecular complexity index is 2090. The zero-order valence-corrected chi connectivity index (χ0v) is 25.2. The number of hydrogen-bond acceptors (Lipinski definition) is 10. The molecule has 0 spiro atoms. The minimum absolute atomic E-state index is 0.187. The molecule has 0 bridgehead atoms. The quantitative estimate of drug-likeness (QED) is 0.133. The Labute approximate surface area is 275 Å². The van der Waals surface area contributed by atoms with Crippen LogP contribution in [0.25, 0.3) is 43.7 Å². The van der Waals surface area contributed by atoms with Gasteiger partial charge in [0.15, 0.2) is 0 Å². The molecule has 7 aromatic rings. The van der Waals surface area contributed by atoms with Crippen LogP contribution in [0.1, 0.15) is 10.4 Å². The standard InChI is InChI=1S/C16H12BNO4.2C9H8BNO2/c19-16(20)13-9-15(18-14-4-2-1-3-12(13)14)10-5-7-11(8-6-10)17(21)22;12-10(13)9-3-1-2-7-6-11-5-4-8(7)9;12-10(13)9-6-11-5-7-3-1-2-4-8(7)9/h1-9,21-22H,(H,19,20);2*1-6,12-13H. The fourth-order valence-electron chi connectivity index (χ4n) is 5.04. The van der Waals surface area contributed by atoms with Gasteiger partial charge >= 0.3 is 27.3 Å². The van der Waals surface area contributed by atoms with Crippen molar-refractivity contribution in [1.82, 2.24) is 15.0 Å². The van der Waals surface area contributed by atoms with Crippen LogP contribution < -0.4 is 16.4 Å². The first-order valence-corrected chi connectivity index (χ1v) is 14.6. The highest BCUT2D eigenvalue weighted by Crippen LogP contribution is 2.24. The van der Waals surface area contributed by atoms with E-state index >= 15 is 0 Å². The highest BCUT2D eigenvalue weighted by molar-refractivity contribution is 6.62. The summed E-state index contributed by atoms with van der Waals surface area (Å²) in [6.45, 7) is 0. The van der Waals surface area contributed by atoms with Crippen molar-refractivity contribution >= 4 is 76.2 Å². The summed E-state index contributed by atoms with van der Waals surface area (Å²) < 4.78 is 0. The Morgan fingerprint density at radius 3 is 1.83 bits per heavy atom. The normalized spacial score (nSPS) is 10.5. The van der Waals surface area contributed by atoms with Gasteiger partial charge in [0.25, 0.3) is 0 Å². The van der Waals surface area contributed by atoms with Crippen molar-refractivity contribution in [2.45, 2.75) is 0 Å². The van der Waals surface area contributed by atoms with E-state index in [2.05, 4.69) is 15.0 Å². The molecule has 0 atom stereocenters. The van der Waals surface area contributed by atoms with Gasteiger partial charge in [-0.3, -0.25) is 9.97 Å². The first kappa shape index (κ1) is 33.9. The van der Waals surface area contributed by atoms with Gasteiger partial charge in [-0.05, 0) is 50.7 Å². The molecule has 0 fully saturated rings. The van der Waals surface area contributed by atoms with E-state index < -0.39 is 27.3 Å². The Morgan fingerprint density at radius 1 is 0.562 bits per heavy atom. The predicted octanol–water partition coefficient (Wildman–Crippen LogP) is 1.11. The smallest absolute Gasteiger partial charge is 0.478 e. The molecular weight excluding hydrogens is 611 g/mol. The summed E-state index contributed by atoms with van der Waals surface area (Å²) in [5.41, 5.74) is 3.34. The maximum atomic E-state index is 11.4. The van der Waals surface area contributed by atoms with E-state index in [1.54, 1.807) is 85.3 Å². The van der Waals surface area contributed by atoms with Crippen LogP contribution in [0.4, 0.5) is 0 Å². The van der Waals surface area contributed by atoms with Gasteiger partial charge in [-0.2, -0.15) is 0 Å². The minimum Gasteiger partial charge on any atom is -0.478 e. The molecule has 0 aliphatic heterocycles. The number of pyridine rings is 3. The highest BCUT2D eigenvalue weighted by Gasteiger charge is 2.16. The second-order valence-electron chi connectivity index (χ2n) is 10.5. The number of aromatic nitrogens is 3. The van der Waals surface area contributed by atoms with E-state index in [1.807, 2.05) is 30.3 Å². The maximum absolute atomic E-state index is 11.4. The van der Waals surface area contributed by atoms with Crippen LogP contribution in [0.2, 0.25) is 0 Å². The van der Waals surface area contributed by atoms with Gasteiger partial charge in [0.1, 0.15) is 0 Å².